The van der Waals surface area contributed by atoms with E-state index in [4.69, 9.17) is 23.2 Å². The van der Waals surface area contributed by atoms with Crippen LogP contribution in [0.4, 0.5) is 5.69 Å². The van der Waals surface area contributed by atoms with Gasteiger partial charge in [-0.1, -0.05) is 29.3 Å². The van der Waals surface area contributed by atoms with Gasteiger partial charge in [0, 0.05) is 15.7 Å². The molecule has 1 amide bonds. The summed E-state index contributed by atoms with van der Waals surface area (Å²) in [7, 11) is 0. The van der Waals surface area contributed by atoms with E-state index in [9.17, 15) is 4.79 Å². The zero-order chi connectivity index (χ0) is 18.0. The van der Waals surface area contributed by atoms with Crippen molar-refractivity contribution in [1.29, 1.82) is 0 Å². The number of aryl methyl sites for hydroxylation is 2. The van der Waals surface area contributed by atoms with Crippen molar-refractivity contribution in [2.24, 2.45) is 0 Å². The van der Waals surface area contributed by atoms with Gasteiger partial charge >= 0.3 is 0 Å². The quantitative estimate of drug-likeness (QED) is 0.737. The Kier molecular flexibility index (Phi) is 5.06. The fourth-order valence-electron chi connectivity index (χ4n) is 2.51. The molecule has 128 valence electrons. The van der Waals surface area contributed by atoms with E-state index in [1.165, 1.54) is 0 Å². The summed E-state index contributed by atoms with van der Waals surface area (Å²) in [6, 6.07) is 10.7. The number of hydrogen-bond donors (Lipinski definition) is 1. The molecule has 7 heteroatoms. The molecule has 0 aliphatic rings. The Hall–Kier alpha value is -2.37. The highest BCUT2D eigenvalue weighted by molar-refractivity contribution is 6.36. The molecule has 0 saturated carbocycles. The summed E-state index contributed by atoms with van der Waals surface area (Å²) in [6.07, 6.45) is 1.69. The van der Waals surface area contributed by atoms with Crippen LogP contribution in [-0.2, 0) is 11.2 Å². The van der Waals surface area contributed by atoms with E-state index in [1.807, 2.05) is 19.9 Å². The summed E-state index contributed by atoms with van der Waals surface area (Å²) in [5.41, 5.74) is 3.12. The first-order valence-corrected chi connectivity index (χ1v) is 8.42. The number of anilines is 1. The van der Waals surface area contributed by atoms with Gasteiger partial charge < -0.3 is 5.32 Å². The maximum atomic E-state index is 12.2. The van der Waals surface area contributed by atoms with Crippen molar-refractivity contribution in [2.75, 3.05) is 5.32 Å². The molecule has 0 atom stereocenters. The fraction of sp³-hybridized carbons (Fsp3) is 0.167. The highest BCUT2D eigenvalue weighted by Gasteiger charge is 2.11. The van der Waals surface area contributed by atoms with Crippen LogP contribution in [0.3, 0.4) is 0 Å². The van der Waals surface area contributed by atoms with E-state index in [-0.39, 0.29) is 12.3 Å². The standard InChI is InChI=1S/C18H16Cl2N4O/c1-11-8-12(2)24(23-11)17-7-6-13(10-21-17)22-18(25)9-14-15(19)4-3-5-16(14)20/h3-8,10H,9H2,1-2H3,(H,22,25). The number of benzene rings is 1. The Morgan fingerprint density at radius 3 is 2.44 bits per heavy atom. The molecule has 1 aromatic carbocycles. The first-order valence-electron chi connectivity index (χ1n) is 7.66. The van der Waals surface area contributed by atoms with Crippen LogP contribution in [-0.4, -0.2) is 20.7 Å². The first kappa shape index (κ1) is 17.5. The molecule has 0 unspecified atom stereocenters. The van der Waals surface area contributed by atoms with Crippen LogP contribution >= 0.6 is 23.2 Å². The highest BCUT2D eigenvalue weighted by Crippen LogP contribution is 2.25. The monoisotopic (exact) mass is 374 g/mol. The zero-order valence-corrected chi connectivity index (χ0v) is 15.3. The molecular formula is C18H16Cl2N4O. The first-order chi connectivity index (χ1) is 11.9. The number of nitrogens with zero attached hydrogens (tertiary/aromatic N) is 3. The van der Waals surface area contributed by atoms with Crippen molar-refractivity contribution in [3.63, 3.8) is 0 Å². The van der Waals surface area contributed by atoms with E-state index in [0.29, 0.717) is 27.1 Å². The fourth-order valence-corrected chi connectivity index (χ4v) is 3.04. The van der Waals surface area contributed by atoms with E-state index < -0.39 is 0 Å². The van der Waals surface area contributed by atoms with Gasteiger partial charge in [0.15, 0.2) is 5.82 Å². The number of nitrogens with one attached hydrogen (secondary N) is 1. The van der Waals surface area contributed by atoms with Crippen molar-refractivity contribution in [2.45, 2.75) is 20.3 Å². The number of hydrogen-bond acceptors (Lipinski definition) is 3. The summed E-state index contributed by atoms with van der Waals surface area (Å²) >= 11 is 12.2. The number of pyridine rings is 1. The third-order valence-electron chi connectivity index (χ3n) is 3.66. The number of halogens is 2. The summed E-state index contributed by atoms with van der Waals surface area (Å²) in [5, 5.41) is 8.12. The predicted octanol–water partition coefficient (Wildman–Crippen LogP) is 4.37. The summed E-state index contributed by atoms with van der Waals surface area (Å²) < 4.78 is 1.75. The summed E-state index contributed by atoms with van der Waals surface area (Å²) in [5.74, 6) is 0.480. The second kappa shape index (κ2) is 7.25. The van der Waals surface area contributed by atoms with Crippen LogP contribution in [0.5, 0.6) is 0 Å². The minimum Gasteiger partial charge on any atom is -0.324 e. The van der Waals surface area contributed by atoms with Crippen LogP contribution in [0.15, 0.2) is 42.6 Å². The third-order valence-corrected chi connectivity index (χ3v) is 4.37. The SMILES string of the molecule is Cc1cc(C)n(-c2ccc(NC(=O)Cc3c(Cl)cccc3Cl)cn2)n1. The number of carbonyl (C=O) groups is 1. The minimum absolute atomic E-state index is 0.0950. The maximum absolute atomic E-state index is 12.2. The van der Waals surface area contributed by atoms with E-state index in [0.717, 1.165) is 11.4 Å². The molecule has 25 heavy (non-hydrogen) atoms. The van der Waals surface area contributed by atoms with Crippen molar-refractivity contribution < 1.29 is 4.79 Å². The van der Waals surface area contributed by atoms with E-state index in [2.05, 4.69) is 15.4 Å². The van der Waals surface area contributed by atoms with E-state index in [1.54, 1.807) is 41.2 Å². The van der Waals surface area contributed by atoms with Gasteiger partial charge in [0.2, 0.25) is 5.91 Å². The minimum atomic E-state index is -0.212. The molecule has 0 radical (unpaired) electrons. The van der Waals surface area contributed by atoms with Crippen LogP contribution in [0.2, 0.25) is 10.0 Å². The topological polar surface area (TPSA) is 59.8 Å². The smallest absolute Gasteiger partial charge is 0.228 e. The van der Waals surface area contributed by atoms with E-state index >= 15 is 0 Å². The summed E-state index contributed by atoms with van der Waals surface area (Å²) in [6.45, 7) is 3.89. The molecule has 5 nitrogen and oxygen atoms in total. The van der Waals surface area contributed by atoms with Gasteiger partial charge in [-0.2, -0.15) is 5.10 Å². The molecule has 0 spiro atoms. The Morgan fingerprint density at radius 1 is 1.16 bits per heavy atom. The number of amides is 1. The third kappa shape index (κ3) is 4.00. The molecule has 0 aliphatic carbocycles. The van der Waals surface area contributed by atoms with Crippen LogP contribution in [0.25, 0.3) is 5.82 Å². The average molecular weight is 375 g/mol. The molecule has 0 saturated heterocycles. The Bertz CT molecular complexity index is 899. The number of aromatic nitrogens is 3. The number of carbonyl (C=O) groups excluding carboxylic acids is 1. The highest BCUT2D eigenvalue weighted by atomic mass is 35.5. The average Bonchev–Trinajstić information content (AvgIpc) is 2.90. The van der Waals surface area contributed by atoms with Gasteiger partial charge in [0.05, 0.1) is 24.0 Å². The van der Waals surface area contributed by atoms with Gasteiger partial charge in [0.25, 0.3) is 0 Å². The molecule has 0 fully saturated rings. The lowest BCUT2D eigenvalue weighted by molar-refractivity contribution is -0.115. The molecule has 1 N–H and O–H groups in total. The van der Waals surface area contributed by atoms with Crippen molar-refractivity contribution in [3.8, 4) is 5.82 Å². The Balaban J connectivity index is 1.71. The largest absolute Gasteiger partial charge is 0.324 e. The van der Waals surface area contributed by atoms with Gasteiger partial charge in [-0.25, -0.2) is 9.67 Å². The van der Waals surface area contributed by atoms with Gasteiger partial charge in [-0.15, -0.1) is 0 Å². The van der Waals surface area contributed by atoms with Gasteiger partial charge in [-0.05, 0) is 49.7 Å². The van der Waals surface area contributed by atoms with Crippen LogP contribution < -0.4 is 5.32 Å². The Labute approximate surface area is 155 Å². The molecule has 0 bridgehead atoms. The predicted molar refractivity (Wildman–Crippen MR) is 99.6 cm³/mol. The lowest BCUT2D eigenvalue weighted by Crippen LogP contribution is -2.15. The molecular weight excluding hydrogens is 359 g/mol. The van der Waals surface area contributed by atoms with Crippen LogP contribution in [0.1, 0.15) is 17.0 Å². The normalized spacial score (nSPS) is 10.7. The number of rotatable bonds is 4. The Morgan fingerprint density at radius 2 is 1.88 bits per heavy atom. The lowest BCUT2D eigenvalue weighted by atomic mass is 10.1. The van der Waals surface area contributed by atoms with Crippen molar-refractivity contribution in [1.82, 2.24) is 14.8 Å². The molecule has 2 aromatic heterocycles. The van der Waals surface area contributed by atoms with Crippen LogP contribution in [0, 0.1) is 13.8 Å². The molecule has 2 heterocycles. The maximum Gasteiger partial charge on any atom is 0.228 e. The lowest BCUT2D eigenvalue weighted by Gasteiger charge is -2.09. The van der Waals surface area contributed by atoms with Gasteiger partial charge in [0.1, 0.15) is 0 Å². The second-order valence-electron chi connectivity index (χ2n) is 5.67. The zero-order valence-electron chi connectivity index (χ0n) is 13.8. The molecule has 3 rings (SSSR count). The van der Waals surface area contributed by atoms with Crippen molar-refractivity contribution in [3.05, 3.63) is 69.6 Å². The molecule has 0 aliphatic heterocycles. The molecule has 3 aromatic rings. The summed E-state index contributed by atoms with van der Waals surface area (Å²) in [4.78, 5) is 16.6. The van der Waals surface area contributed by atoms with Crippen molar-refractivity contribution >= 4 is 34.8 Å². The second-order valence-corrected chi connectivity index (χ2v) is 6.48. The van der Waals surface area contributed by atoms with Gasteiger partial charge in [-0.3, -0.25) is 4.79 Å².